The lowest BCUT2D eigenvalue weighted by Gasteiger charge is -2.18. The predicted octanol–water partition coefficient (Wildman–Crippen LogP) is 0.785. The van der Waals surface area contributed by atoms with Crippen molar-refractivity contribution in [3.63, 3.8) is 0 Å². The van der Waals surface area contributed by atoms with Crippen molar-refractivity contribution in [1.29, 1.82) is 0 Å². The summed E-state index contributed by atoms with van der Waals surface area (Å²) in [6.45, 7) is 1.39. The van der Waals surface area contributed by atoms with Gasteiger partial charge in [-0.15, -0.1) is 0 Å². The molecule has 1 aromatic carbocycles. The van der Waals surface area contributed by atoms with Gasteiger partial charge in [-0.05, 0) is 24.6 Å². The molecule has 18 heavy (non-hydrogen) atoms. The van der Waals surface area contributed by atoms with Crippen molar-refractivity contribution < 1.29 is 14.3 Å². The Morgan fingerprint density at radius 1 is 1.44 bits per heavy atom. The molecule has 5 nitrogen and oxygen atoms in total. The minimum atomic E-state index is -0.359. The average Bonchev–Trinajstić information content (AvgIpc) is 2.88. The number of carbonyl (C=O) groups is 2. The molecular weight excluding hydrogens is 232 g/mol. The van der Waals surface area contributed by atoms with Crippen LogP contribution in [0.1, 0.15) is 16.8 Å². The topological polar surface area (TPSA) is 72.6 Å². The van der Waals surface area contributed by atoms with E-state index in [4.69, 9.17) is 5.73 Å². The second-order valence-corrected chi connectivity index (χ2v) is 4.38. The fourth-order valence-corrected chi connectivity index (χ4v) is 2.17. The highest BCUT2D eigenvalue weighted by Gasteiger charge is 2.26. The van der Waals surface area contributed by atoms with Gasteiger partial charge in [-0.1, -0.05) is 6.07 Å². The summed E-state index contributed by atoms with van der Waals surface area (Å²) >= 11 is 0. The normalized spacial score (nSPS) is 18.7. The Bertz CT molecular complexity index is 473. The van der Waals surface area contributed by atoms with Crippen LogP contribution in [-0.2, 0) is 9.53 Å². The molecule has 0 bridgehead atoms. The molecular formula is C13H16N2O3. The van der Waals surface area contributed by atoms with Gasteiger partial charge in [0.15, 0.2) is 0 Å². The van der Waals surface area contributed by atoms with Gasteiger partial charge in [0.2, 0.25) is 5.91 Å². The van der Waals surface area contributed by atoms with E-state index in [1.54, 1.807) is 18.2 Å². The second kappa shape index (κ2) is 5.08. The van der Waals surface area contributed by atoms with Gasteiger partial charge < -0.3 is 15.4 Å². The van der Waals surface area contributed by atoms with Crippen LogP contribution in [0.5, 0.6) is 0 Å². The summed E-state index contributed by atoms with van der Waals surface area (Å²) in [6.07, 6.45) is 0.762. The fraction of sp³-hybridized carbons (Fsp3) is 0.385. The summed E-state index contributed by atoms with van der Waals surface area (Å²) in [5.41, 5.74) is 6.73. The maximum atomic E-state index is 11.4. The molecule has 0 spiro atoms. The number of esters is 1. The van der Waals surface area contributed by atoms with Crippen molar-refractivity contribution in [2.24, 2.45) is 11.7 Å². The number of nitrogens with two attached hydrogens (primary N) is 1. The molecule has 0 radical (unpaired) electrons. The number of ether oxygens (including phenoxy) is 1. The molecule has 1 aromatic rings. The van der Waals surface area contributed by atoms with Crippen LogP contribution in [0.4, 0.5) is 5.69 Å². The van der Waals surface area contributed by atoms with Gasteiger partial charge in [-0.2, -0.15) is 0 Å². The Morgan fingerprint density at radius 2 is 2.22 bits per heavy atom. The molecule has 1 saturated heterocycles. The van der Waals surface area contributed by atoms with Crippen LogP contribution in [-0.4, -0.2) is 32.1 Å². The number of hydrogen-bond acceptors (Lipinski definition) is 4. The van der Waals surface area contributed by atoms with E-state index in [0.717, 1.165) is 18.7 Å². The zero-order valence-electron chi connectivity index (χ0n) is 10.3. The smallest absolute Gasteiger partial charge is 0.337 e. The fourth-order valence-electron chi connectivity index (χ4n) is 2.17. The molecule has 0 aromatic heterocycles. The van der Waals surface area contributed by atoms with Crippen LogP contribution in [0, 0.1) is 5.92 Å². The van der Waals surface area contributed by atoms with Crippen LogP contribution < -0.4 is 10.6 Å². The monoisotopic (exact) mass is 248 g/mol. The summed E-state index contributed by atoms with van der Waals surface area (Å²) in [7, 11) is 1.36. The first-order chi connectivity index (χ1) is 8.61. The summed E-state index contributed by atoms with van der Waals surface area (Å²) < 4.78 is 4.68. The Balaban J connectivity index is 2.15. The SMILES string of the molecule is COC(=O)c1cccc(N2CCC(C(N)=O)C2)c1. The van der Waals surface area contributed by atoms with Crippen molar-refractivity contribution in [2.75, 3.05) is 25.1 Å². The first-order valence-electron chi connectivity index (χ1n) is 5.84. The summed E-state index contributed by atoms with van der Waals surface area (Å²) in [5, 5.41) is 0. The van der Waals surface area contributed by atoms with Gasteiger partial charge in [-0.3, -0.25) is 4.79 Å². The van der Waals surface area contributed by atoms with Crippen molar-refractivity contribution >= 4 is 17.6 Å². The number of hydrogen-bond donors (Lipinski definition) is 1. The third-order valence-corrected chi connectivity index (χ3v) is 3.22. The Labute approximate surface area is 106 Å². The largest absolute Gasteiger partial charge is 0.465 e. The molecule has 0 saturated carbocycles. The van der Waals surface area contributed by atoms with E-state index in [1.807, 2.05) is 6.07 Å². The lowest BCUT2D eigenvalue weighted by molar-refractivity contribution is -0.121. The Kier molecular flexibility index (Phi) is 3.50. The highest BCUT2D eigenvalue weighted by molar-refractivity contribution is 5.90. The molecule has 5 heteroatoms. The maximum Gasteiger partial charge on any atom is 0.337 e. The van der Waals surface area contributed by atoms with E-state index in [2.05, 4.69) is 9.64 Å². The number of benzene rings is 1. The molecule has 2 rings (SSSR count). The summed E-state index contributed by atoms with van der Waals surface area (Å²) in [5.74, 6) is -0.726. The lowest BCUT2D eigenvalue weighted by atomic mass is 10.1. The molecule has 0 aliphatic carbocycles. The first-order valence-corrected chi connectivity index (χ1v) is 5.84. The minimum Gasteiger partial charge on any atom is -0.465 e. The van der Waals surface area contributed by atoms with E-state index in [1.165, 1.54) is 7.11 Å². The van der Waals surface area contributed by atoms with Crippen LogP contribution in [0.3, 0.4) is 0 Å². The van der Waals surface area contributed by atoms with Crippen molar-refractivity contribution in [1.82, 2.24) is 0 Å². The van der Waals surface area contributed by atoms with Gasteiger partial charge in [0.05, 0.1) is 18.6 Å². The van der Waals surface area contributed by atoms with E-state index in [9.17, 15) is 9.59 Å². The second-order valence-electron chi connectivity index (χ2n) is 4.38. The van der Waals surface area contributed by atoms with Gasteiger partial charge >= 0.3 is 5.97 Å². The minimum absolute atomic E-state index is 0.105. The maximum absolute atomic E-state index is 11.4. The number of amides is 1. The summed E-state index contributed by atoms with van der Waals surface area (Å²) in [6, 6.07) is 7.20. The van der Waals surface area contributed by atoms with E-state index < -0.39 is 0 Å². The molecule has 1 unspecified atom stereocenters. The van der Waals surface area contributed by atoms with Crippen molar-refractivity contribution in [2.45, 2.75) is 6.42 Å². The van der Waals surface area contributed by atoms with Crippen LogP contribution in [0.2, 0.25) is 0 Å². The lowest BCUT2D eigenvalue weighted by Crippen LogP contribution is -2.27. The van der Waals surface area contributed by atoms with Gasteiger partial charge in [0.1, 0.15) is 0 Å². The predicted molar refractivity (Wildman–Crippen MR) is 67.3 cm³/mol. The van der Waals surface area contributed by atoms with Crippen LogP contribution >= 0.6 is 0 Å². The van der Waals surface area contributed by atoms with E-state index in [-0.39, 0.29) is 17.8 Å². The highest BCUT2D eigenvalue weighted by Crippen LogP contribution is 2.24. The molecule has 1 fully saturated rings. The number of methoxy groups -OCH3 is 1. The average molecular weight is 248 g/mol. The molecule has 96 valence electrons. The molecule has 1 heterocycles. The van der Waals surface area contributed by atoms with Crippen molar-refractivity contribution in [3.05, 3.63) is 29.8 Å². The standard InChI is InChI=1S/C13H16N2O3/c1-18-13(17)9-3-2-4-11(7-9)15-6-5-10(8-15)12(14)16/h2-4,7,10H,5-6,8H2,1H3,(H2,14,16). The number of primary amides is 1. The van der Waals surface area contributed by atoms with Gasteiger partial charge in [0.25, 0.3) is 0 Å². The summed E-state index contributed by atoms with van der Waals surface area (Å²) in [4.78, 5) is 24.6. The zero-order chi connectivity index (χ0) is 13.1. The van der Waals surface area contributed by atoms with E-state index in [0.29, 0.717) is 12.1 Å². The number of rotatable bonds is 3. The van der Waals surface area contributed by atoms with Gasteiger partial charge in [-0.25, -0.2) is 4.79 Å². The van der Waals surface area contributed by atoms with Crippen LogP contribution in [0.25, 0.3) is 0 Å². The van der Waals surface area contributed by atoms with Crippen LogP contribution in [0.15, 0.2) is 24.3 Å². The number of carbonyl (C=O) groups excluding carboxylic acids is 2. The third kappa shape index (κ3) is 2.45. The number of anilines is 1. The van der Waals surface area contributed by atoms with Gasteiger partial charge in [0, 0.05) is 18.8 Å². The quantitative estimate of drug-likeness (QED) is 0.802. The molecule has 2 N–H and O–H groups in total. The Morgan fingerprint density at radius 3 is 2.83 bits per heavy atom. The first kappa shape index (κ1) is 12.4. The highest BCUT2D eigenvalue weighted by atomic mass is 16.5. The molecule has 1 aliphatic heterocycles. The number of nitrogens with zero attached hydrogens (tertiary/aromatic N) is 1. The molecule has 1 aliphatic rings. The van der Waals surface area contributed by atoms with E-state index >= 15 is 0 Å². The third-order valence-electron chi connectivity index (χ3n) is 3.22. The van der Waals surface area contributed by atoms with Crippen molar-refractivity contribution in [3.8, 4) is 0 Å². The molecule has 1 amide bonds. The molecule has 1 atom stereocenters. The zero-order valence-corrected chi connectivity index (χ0v) is 10.3. The Hall–Kier alpha value is -2.04.